The number of thioether (sulfide) groups is 1. The highest BCUT2D eigenvalue weighted by atomic mass is 32.2. The summed E-state index contributed by atoms with van der Waals surface area (Å²) in [5, 5.41) is 12.7. The van der Waals surface area contributed by atoms with Gasteiger partial charge in [-0.15, -0.1) is 0 Å². The summed E-state index contributed by atoms with van der Waals surface area (Å²) in [5.74, 6) is 2.63. The van der Waals surface area contributed by atoms with Gasteiger partial charge >= 0.3 is 0 Å². The van der Waals surface area contributed by atoms with Crippen LogP contribution < -0.4 is 0 Å². The van der Waals surface area contributed by atoms with Gasteiger partial charge in [-0.1, -0.05) is 18.2 Å². The molecule has 17 heavy (non-hydrogen) atoms. The molecule has 0 amide bonds. The topological polar surface area (TPSA) is 33.1 Å². The van der Waals surface area contributed by atoms with Crippen LogP contribution >= 0.6 is 11.8 Å². The van der Waals surface area contributed by atoms with Crippen LogP contribution in [0.15, 0.2) is 36.7 Å². The zero-order chi connectivity index (χ0) is 11.7. The van der Waals surface area contributed by atoms with Gasteiger partial charge in [0.15, 0.2) is 0 Å². The highest BCUT2D eigenvalue weighted by molar-refractivity contribution is 7.99. The first kappa shape index (κ1) is 11.1. The molecule has 1 fully saturated rings. The number of nitrogens with zero attached hydrogens (tertiary/aromatic N) is 1. The molecule has 3 rings (SSSR count). The predicted molar refractivity (Wildman–Crippen MR) is 72.1 cm³/mol. The Morgan fingerprint density at radius 3 is 3.12 bits per heavy atom. The van der Waals surface area contributed by atoms with E-state index in [2.05, 4.69) is 11.1 Å². The second-order valence-electron chi connectivity index (χ2n) is 4.51. The number of hydrogen-bond donors (Lipinski definition) is 1. The van der Waals surface area contributed by atoms with Gasteiger partial charge in [-0.05, 0) is 40.9 Å². The van der Waals surface area contributed by atoms with Gasteiger partial charge in [0.1, 0.15) is 0 Å². The third kappa shape index (κ3) is 2.05. The van der Waals surface area contributed by atoms with Crippen molar-refractivity contribution < 1.29 is 5.11 Å². The van der Waals surface area contributed by atoms with Crippen molar-refractivity contribution in [3.8, 4) is 0 Å². The molecule has 3 heteroatoms. The molecule has 1 saturated heterocycles. The van der Waals surface area contributed by atoms with E-state index in [1.54, 1.807) is 6.20 Å². The summed E-state index contributed by atoms with van der Waals surface area (Å²) in [6.45, 7) is 0. The van der Waals surface area contributed by atoms with Gasteiger partial charge < -0.3 is 5.11 Å². The third-order valence-corrected chi connectivity index (χ3v) is 4.64. The molecule has 1 aliphatic rings. The zero-order valence-corrected chi connectivity index (χ0v) is 10.4. The number of rotatable bonds is 2. The number of hydrogen-bond acceptors (Lipinski definition) is 3. The van der Waals surface area contributed by atoms with E-state index in [0.29, 0.717) is 5.92 Å². The lowest BCUT2D eigenvalue weighted by atomic mass is 9.92. The molecule has 2 heterocycles. The van der Waals surface area contributed by atoms with Crippen LogP contribution in [-0.2, 0) is 0 Å². The maximum atomic E-state index is 10.5. The van der Waals surface area contributed by atoms with Gasteiger partial charge in [0.2, 0.25) is 0 Å². The van der Waals surface area contributed by atoms with Gasteiger partial charge in [0, 0.05) is 17.8 Å². The number of fused-ring (bicyclic) bond motifs is 1. The Bertz CT molecular complexity index is 517. The molecule has 0 saturated carbocycles. The normalized spacial score (nSPS) is 21.8. The molecule has 0 spiro atoms. The van der Waals surface area contributed by atoms with Crippen LogP contribution in [0.4, 0.5) is 0 Å². The molecule has 1 aromatic heterocycles. The van der Waals surface area contributed by atoms with Gasteiger partial charge in [0.25, 0.3) is 0 Å². The highest BCUT2D eigenvalue weighted by Crippen LogP contribution is 2.36. The van der Waals surface area contributed by atoms with E-state index in [-0.39, 0.29) is 6.10 Å². The molecular weight excluding hydrogens is 230 g/mol. The molecule has 0 bridgehead atoms. The number of aliphatic hydroxyl groups is 1. The van der Waals surface area contributed by atoms with E-state index < -0.39 is 0 Å². The fraction of sp³-hybridized carbons (Fsp3) is 0.357. The number of aliphatic hydroxyl groups excluding tert-OH is 1. The maximum Gasteiger partial charge on any atom is 0.0832 e. The maximum absolute atomic E-state index is 10.5. The third-order valence-electron chi connectivity index (χ3n) is 3.45. The van der Waals surface area contributed by atoms with E-state index in [0.717, 1.165) is 28.5 Å². The summed E-state index contributed by atoms with van der Waals surface area (Å²) in [6, 6.07) is 8.10. The Morgan fingerprint density at radius 2 is 2.29 bits per heavy atom. The van der Waals surface area contributed by atoms with Crippen molar-refractivity contribution in [3.63, 3.8) is 0 Å². The predicted octanol–water partition coefficient (Wildman–Crippen LogP) is 3.02. The molecule has 0 aliphatic carbocycles. The van der Waals surface area contributed by atoms with Gasteiger partial charge in [-0.25, -0.2) is 0 Å². The molecule has 2 nitrogen and oxygen atoms in total. The molecule has 1 aliphatic heterocycles. The van der Waals surface area contributed by atoms with E-state index in [1.807, 2.05) is 36.2 Å². The van der Waals surface area contributed by atoms with Crippen molar-refractivity contribution in [2.45, 2.75) is 12.5 Å². The van der Waals surface area contributed by atoms with E-state index in [9.17, 15) is 5.11 Å². The van der Waals surface area contributed by atoms with E-state index >= 15 is 0 Å². The quantitative estimate of drug-likeness (QED) is 0.883. The summed E-state index contributed by atoms with van der Waals surface area (Å²) in [7, 11) is 0. The van der Waals surface area contributed by atoms with Crippen LogP contribution in [0.3, 0.4) is 0 Å². The lowest BCUT2D eigenvalue weighted by molar-refractivity contribution is 0.123. The Labute approximate surface area is 105 Å². The first-order valence-corrected chi connectivity index (χ1v) is 7.10. The first-order valence-electron chi connectivity index (χ1n) is 5.95. The Kier molecular flexibility index (Phi) is 3.04. The smallest absolute Gasteiger partial charge is 0.0832 e. The van der Waals surface area contributed by atoms with Gasteiger partial charge in [-0.2, -0.15) is 11.8 Å². The molecule has 2 atom stereocenters. The highest BCUT2D eigenvalue weighted by Gasteiger charge is 2.25. The number of aromatic nitrogens is 1. The van der Waals surface area contributed by atoms with Gasteiger partial charge in [-0.3, -0.25) is 4.98 Å². The second kappa shape index (κ2) is 4.67. The Morgan fingerprint density at radius 1 is 1.35 bits per heavy atom. The second-order valence-corrected chi connectivity index (χ2v) is 5.66. The SMILES string of the molecule is OC(c1cccc2ccncc12)C1CCSC1. The van der Waals surface area contributed by atoms with Crippen LogP contribution in [0.1, 0.15) is 18.1 Å². The molecule has 1 aromatic carbocycles. The summed E-state index contributed by atoms with van der Waals surface area (Å²) in [6.07, 6.45) is 4.42. The van der Waals surface area contributed by atoms with Crippen molar-refractivity contribution in [2.75, 3.05) is 11.5 Å². The van der Waals surface area contributed by atoms with Crippen LogP contribution in [0.2, 0.25) is 0 Å². The monoisotopic (exact) mass is 245 g/mol. The van der Waals surface area contributed by atoms with Crippen LogP contribution in [0.5, 0.6) is 0 Å². The Balaban J connectivity index is 2.04. The molecule has 0 radical (unpaired) electrons. The first-order chi connectivity index (χ1) is 8.36. The number of benzene rings is 1. The Hall–Kier alpha value is -1.06. The molecule has 1 N–H and O–H groups in total. The molecular formula is C14H15NOS. The lowest BCUT2D eigenvalue weighted by Crippen LogP contribution is -2.12. The van der Waals surface area contributed by atoms with Crippen molar-refractivity contribution in [1.29, 1.82) is 0 Å². The average molecular weight is 245 g/mol. The number of pyridine rings is 1. The minimum absolute atomic E-state index is 0.349. The summed E-state index contributed by atoms with van der Waals surface area (Å²) < 4.78 is 0. The van der Waals surface area contributed by atoms with E-state index in [4.69, 9.17) is 0 Å². The van der Waals surface area contributed by atoms with Crippen LogP contribution in [0.25, 0.3) is 10.8 Å². The van der Waals surface area contributed by atoms with Crippen molar-refractivity contribution >= 4 is 22.5 Å². The van der Waals surface area contributed by atoms with Gasteiger partial charge in [0.05, 0.1) is 6.10 Å². The zero-order valence-electron chi connectivity index (χ0n) is 9.54. The van der Waals surface area contributed by atoms with Crippen LogP contribution in [-0.4, -0.2) is 21.6 Å². The largest absolute Gasteiger partial charge is 0.388 e. The van der Waals surface area contributed by atoms with E-state index in [1.165, 1.54) is 5.75 Å². The van der Waals surface area contributed by atoms with Crippen molar-refractivity contribution in [2.24, 2.45) is 5.92 Å². The lowest BCUT2D eigenvalue weighted by Gasteiger charge is -2.19. The summed E-state index contributed by atoms with van der Waals surface area (Å²) >= 11 is 1.93. The van der Waals surface area contributed by atoms with Crippen LogP contribution in [0, 0.1) is 5.92 Å². The summed E-state index contributed by atoms with van der Waals surface area (Å²) in [5.41, 5.74) is 1.03. The fourth-order valence-electron chi connectivity index (χ4n) is 2.45. The fourth-order valence-corrected chi connectivity index (χ4v) is 3.74. The molecule has 2 unspecified atom stereocenters. The average Bonchev–Trinajstić information content (AvgIpc) is 2.91. The standard InChI is InChI=1S/C14H15NOS/c16-14(11-5-7-17-9-11)12-3-1-2-10-4-6-15-8-13(10)12/h1-4,6,8,11,14,16H,5,7,9H2. The minimum atomic E-state index is -0.349. The minimum Gasteiger partial charge on any atom is -0.388 e. The van der Waals surface area contributed by atoms with Crippen molar-refractivity contribution in [1.82, 2.24) is 4.98 Å². The molecule has 2 aromatic rings. The summed E-state index contributed by atoms with van der Waals surface area (Å²) in [4.78, 5) is 4.17. The van der Waals surface area contributed by atoms with Crippen molar-refractivity contribution in [3.05, 3.63) is 42.2 Å². The molecule has 88 valence electrons.